The molecule has 8 heterocycles. The van der Waals surface area contributed by atoms with Crippen LogP contribution in [0.2, 0.25) is 10.0 Å². The zero-order chi connectivity index (χ0) is 90.2. The van der Waals surface area contributed by atoms with Crippen molar-refractivity contribution in [3.8, 4) is 62.9 Å². The van der Waals surface area contributed by atoms with Gasteiger partial charge < -0.3 is 153 Å². The first kappa shape index (κ1) is 92.5. The predicted molar refractivity (Wildman–Crippen MR) is 439 cm³/mol. The van der Waals surface area contributed by atoms with Crippen LogP contribution in [0.15, 0.2) is 97.1 Å². The molecule has 10 amide bonds. The Morgan fingerprint density at radius 1 is 0.720 bits per heavy atom. The van der Waals surface area contributed by atoms with E-state index in [0.717, 1.165) is 79.9 Å². The molecule has 0 spiro atoms. The molecule has 3 saturated heterocycles. The second-order valence-electron chi connectivity index (χ2n) is 31.3. The lowest BCUT2D eigenvalue weighted by Gasteiger charge is -2.46. The zero-order valence-electron chi connectivity index (χ0n) is 68.2. The molecule has 42 heteroatoms. The van der Waals surface area contributed by atoms with Crippen molar-refractivity contribution in [3.05, 3.63) is 140 Å². The minimum absolute atomic E-state index is 0.0435. The van der Waals surface area contributed by atoms with Crippen LogP contribution in [0.3, 0.4) is 0 Å². The molecule has 8 aliphatic heterocycles. The summed E-state index contributed by atoms with van der Waals surface area (Å²) in [6.45, 7) is 7.59. The summed E-state index contributed by atoms with van der Waals surface area (Å²) in [5.74, 6) is -15.9. The van der Waals surface area contributed by atoms with Gasteiger partial charge in [-0.25, -0.2) is 14.4 Å². The number of primary amides is 1. The van der Waals surface area contributed by atoms with Crippen LogP contribution in [0.5, 0.6) is 51.7 Å². The smallest absolute Gasteiger partial charge is 0.408 e. The largest absolute Gasteiger partial charge is 0.507 e. The van der Waals surface area contributed by atoms with Gasteiger partial charge in [-0.05, 0) is 141 Å². The van der Waals surface area contributed by atoms with E-state index in [1.165, 1.54) is 19.2 Å². The third-order valence-corrected chi connectivity index (χ3v) is 22.4. The number of anilines is 1. The van der Waals surface area contributed by atoms with E-state index >= 15 is 24.0 Å². The quantitative estimate of drug-likeness (QED) is 0.0273. The van der Waals surface area contributed by atoms with E-state index < -0.39 is 261 Å². The number of aliphatic hydroxyl groups excluding tert-OH is 5. The van der Waals surface area contributed by atoms with Crippen LogP contribution in [-0.2, 0) is 68.6 Å². The predicted octanol–water partition coefficient (Wildman–Crippen LogP) is 3.35. The summed E-state index contributed by atoms with van der Waals surface area (Å²) in [4.78, 5) is 145. The highest BCUT2D eigenvalue weighted by Gasteiger charge is 2.56. The molecule has 672 valence electrons. The molecule has 125 heavy (non-hydrogen) atoms. The molecule has 22 N–H and O–H groups in total. The number of halogens is 2. The number of nitrogens with two attached hydrogens (primary N) is 1. The number of fused-ring (bicyclic) bond motifs is 16. The Labute approximate surface area is 724 Å². The van der Waals surface area contributed by atoms with Gasteiger partial charge in [-0.3, -0.25) is 33.6 Å². The average Bonchev–Trinajstić information content (AvgIpc) is 1.72. The number of aliphatic carboxylic acids is 1. The lowest BCUT2D eigenvalue weighted by molar-refractivity contribution is -0.332. The molecule has 0 aliphatic carbocycles. The van der Waals surface area contributed by atoms with Gasteiger partial charge in [0.1, 0.15) is 102 Å². The Balaban J connectivity index is 0.984. The number of carboxylic acid groups (broad SMARTS) is 1. The Hall–Kier alpha value is -11.6. The summed E-state index contributed by atoms with van der Waals surface area (Å²) < 4.78 is 55.9. The first-order chi connectivity index (χ1) is 59.5. The van der Waals surface area contributed by atoms with Crippen LogP contribution >= 0.6 is 23.2 Å². The molecule has 3 fully saturated rings. The van der Waals surface area contributed by atoms with Crippen LogP contribution < -0.4 is 83.2 Å². The first-order valence-corrected chi connectivity index (χ1v) is 40.9. The molecule has 11 bridgehead atoms. The highest BCUT2D eigenvalue weighted by molar-refractivity contribution is 6.32. The summed E-state index contributed by atoms with van der Waals surface area (Å²) in [5.41, 5.74) is 1.58. The van der Waals surface area contributed by atoms with Crippen LogP contribution in [0.1, 0.15) is 137 Å². The maximum atomic E-state index is 16.4. The molecule has 0 saturated carbocycles. The van der Waals surface area contributed by atoms with Crippen molar-refractivity contribution in [1.82, 2.24) is 53.2 Å². The van der Waals surface area contributed by atoms with Crippen LogP contribution in [0, 0.1) is 5.92 Å². The molecule has 0 aromatic heterocycles. The number of aromatic hydroxyl groups is 3. The van der Waals surface area contributed by atoms with Crippen LogP contribution in [0.25, 0.3) is 11.1 Å². The Morgan fingerprint density at radius 2 is 1.38 bits per heavy atom. The summed E-state index contributed by atoms with van der Waals surface area (Å²) in [7, 11) is 1.47. The minimum atomic E-state index is -2.41. The molecule has 6 aromatic carbocycles. The van der Waals surface area contributed by atoms with Crippen molar-refractivity contribution in [2.75, 3.05) is 45.5 Å². The van der Waals surface area contributed by atoms with E-state index in [0.29, 0.717) is 18.0 Å². The number of benzene rings is 6. The number of hydrogen-bond donors (Lipinski definition) is 21. The highest BCUT2D eigenvalue weighted by Crippen LogP contribution is 2.51. The van der Waals surface area contributed by atoms with Crippen molar-refractivity contribution in [3.63, 3.8) is 0 Å². The maximum Gasteiger partial charge on any atom is 0.408 e. The van der Waals surface area contributed by atoms with Crippen LogP contribution in [-0.4, -0.2) is 224 Å². The summed E-state index contributed by atoms with van der Waals surface area (Å²) >= 11 is 14.3. The lowest BCUT2D eigenvalue weighted by atomic mass is 9.86. The second kappa shape index (κ2) is 40.1. The van der Waals surface area contributed by atoms with Crippen molar-refractivity contribution >= 4 is 88.3 Å². The minimum Gasteiger partial charge on any atom is -0.507 e. The average molecular weight is 1780 g/mol. The van der Waals surface area contributed by atoms with Crippen molar-refractivity contribution in [1.29, 1.82) is 0 Å². The topological polar surface area (TPSA) is 594 Å². The number of nitrogens with one attached hydrogen (secondary N) is 11. The third-order valence-electron chi connectivity index (χ3n) is 21.8. The monoisotopic (exact) mass is 1780 g/mol. The van der Waals surface area contributed by atoms with Gasteiger partial charge in [-0.15, -0.1) is 0 Å². The number of carbonyl (C=O) groups excluding carboxylic acids is 9. The number of carbonyl (C=O) groups is 10. The molecule has 0 radical (unpaired) electrons. The first-order valence-electron chi connectivity index (χ1n) is 40.1. The number of rotatable bonds is 26. The number of phenolic OH excluding ortho intramolecular Hbond substituents is 3. The molecule has 40 nitrogen and oxygen atoms in total. The molecule has 8 aliphatic rings. The molecule has 6 aromatic rings. The lowest BCUT2D eigenvalue weighted by Crippen LogP contribution is -2.63. The van der Waals surface area contributed by atoms with Crippen LogP contribution in [0.4, 0.5) is 15.3 Å². The normalized spacial score (nSPS) is 26.3. The molecular formula is C83H98Cl2N12O28. The van der Waals surface area contributed by atoms with Gasteiger partial charge in [-0.1, -0.05) is 75.0 Å². The molecule has 18 atom stereocenters. The van der Waals surface area contributed by atoms with Gasteiger partial charge in [0.05, 0.1) is 59.5 Å². The zero-order valence-corrected chi connectivity index (χ0v) is 69.7. The van der Waals surface area contributed by atoms with Gasteiger partial charge in [0.2, 0.25) is 53.4 Å². The number of ether oxygens (including phenoxy) is 9. The second-order valence-corrected chi connectivity index (χ2v) is 32.1. The van der Waals surface area contributed by atoms with Crippen molar-refractivity contribution in [2.24, 2.45) is 11.7 Å². The van der Waals surface area contributed by atoms with Gasteiger partial charge in [0.15, 0.2) is 36.0 Å². The van der Waals surface area contributed by atoms with Gasteiger partial charge in [0.25, 0.3) is 0 Å². The summed E-state index contributed by atoms with van der Waals surface area (Å²) in [6, 6.07) is 4.19. The number of unbranched alkanes of at least 4 members (excludes halogenated alkanes) is 2. The number of phenols is 3. The van der Waals surface area contributed by atoms with E-state index in [2.05, 4.69) is 65.4 Å². The number of hydrogen-bond acceptors (Lipinski definition) is 29. The fourth-order valence-corrected chi connectivity index (χ4v) is 15.8. The molecular weight excluding hydrogens is 1680 g/mol. The van der Waals surface area contributed by atoms with Gasteiger partial charge in [0, 0.05) is 41.9 Å². The van der Waals surface area contributed by atoms with Gasteiger partial charge >= 0.3 is 18.1 Å². The summed E-state index contributed by atoms with van der Waals surface area (Å²) in [5, 5.41) is 135. The van der Waals surface area contributed by atoms with E-state index in [4.69, 9.17) is 71.6 Å². The van der Waals surface area contributed by atoms with E-state index in [1.807, 2.05) is 13.8 Å². The Kier molecular flexibility index (Phi) is 29.7. The number of likely N-dealkylation sites (N-methyl/N-ethyl adjacent to an activating group) is 1. The fourth-order valence-electron chi connectivity index (χ4n) is 15.3. The number of amides is 10. The number of carboxylic acids is 1. The standard InChI is InChI=1S/C83H98Cl2N12O28/c1-7-8-9-21-118-42-15-13-41(14-16-42)90-81(115)89-34-117-22-20-88-32-45-51(100)29-44-59(67(45)104)43-24-37(10-17-50(43)99)60-75(109)96-64(78(112)94-62(44)79(113)114)66(103)39-12-19-53(47(85)26-39)121-55-28-40-27-54(70(55)124-80-71(69(106)68(105)56(33-98)122-80)123-58-31-83(5)72(36(4)119-58)125-82(116)97-83)120-52-18-11-38(25-46(52)84)65(102)63(95-73(107)48(87-6)23-35(2)3)77(111)91-49(30-57(86)101)74(108)92-61(40)76(110)93-60/h10-19,24-29,35-36,48-49,56,58,60-66,68-69,71-72,80,87-88,98-100,102-106H,7-9,20-23,30-34H2,1-6H3,(H2,86,101)(H,91,111)(H,92,108)(H,93,110)(H,94,112)(H,95,107)(H,96,109)(H,97,116)(H,113,114)(H2,89,90,115)/t36-,48+,49-,56+,58-,60+,61+,62-,63+,64-,65+,66+,68+,69-,71+,72+,80-,83-/m0/s1. The molecule has 14 rings (SSSR count). The Morgan fingerprint density at radius 3 is 2.02 bits per heavy atom. The van der Waals surface area contributed by atoms with E-state index in [1.54, 1.807) is 38.1 Å². The molecule has 0 unspecified atom stereocenters. The maximum absolute atomic E-state index is 16.4. The number of urea groups is 1. The van der Waals surface area contributed by atoms with E-state index in [9.17, 15) is 69.9 Å². The summed E-state index contributed by atoms with van der Waals surface area (Å²) in [6.07, 6.45) is -16.1. The van der Waals surface area contributed by atoms with Crippen molar-refractivity contribution < 1.29 is 137 Å². The highest BCUT2D eigenvalue weighted by atomic mass is 35.5. The van der Waals surface area contributed by atoms with Gasteiger partial charge in [-0.2, -0.15) is 0 Å². The number of alkyl carbamates (subject to hydrolysis) is 1. The SMILES string of the molecule is CCCCCOc1ccc(NC(=O)NCOCCNCc2c(O)cc3c(c2O)-c2cc(ccc2O)[C@H]2NC(=O)[C@@H]4NC(=O)[C@H](CC(N)=O)NC(=O)[C@H](NC(=O)[C@@H](CC(C)C)NC)[C@H](O)c5ccc(c(Cl)c5)Oc5cc4cc(c5O[C@@H]4O[C@H](CO)[C@@H](O)[C@H](O)[C@H]4O[C@H]4C[C@]5(C)NC(=O)O[C@@H]5[C@H](C)O4)Oc4ccc(cc4Cl)[C@@H](O)[C@H](NC2=O)C(=O)N[C@@H]3C(=O)O)cc1. The van der Waals surface area contributed by atoms with E-state index in [-0.39, 0.29) is 66.1 Å². The fraction of sp³-hybridized carbons (Fsp3) is 0.446. The van der Waals surface area contributed by atoms with Crippen molar-refractivity contribution in [2.45, 2.75) is 189 Å². The third kappa shape index (κ3) is 21.3. The number of aliphatic hydroxyl groups is 5. The Bertz CT molecular complexity index is 5060.